The Morgan fingerprint density at radius 2 is 2.14 bits per heavy atom. The van der Waals surface area contributed by atoms with E-state index in [1.165, 1.54) is 6.92 Å². The fraction of sp³-hybridized carbons (Fsp3) is 0.667. The zero-order valence-corrected chi connectivity index (χ0v) is 13.2. The van der Waals surface area contributed by atoms with E-state index in [2.05, 4.69) is 10.4 Å². The van der Waals surface area contributed by atoms with Gasteiger partial charge in [0.05, 0.1) is 12.1 Å². The molecule has 0 radical (unpaired) electrons. The molecule has 1 fully saturated rings. The van der Waals surface area contributed by atoms with Crippen molar-refractivity contribution in [3.63, 3.8) is 0 Å². The molecule has 0 bridgehead atoms. The van der Waals surface area contributed by atoms with Crippen molar-refractivity contribution in [2.45, 2.75) is 51.8 Å². The van der Waals surface area contributed by atoms with E-state index in [-0.39, 0.29) is 17.9 Å². The zero-order chi connectivity index (χ0) is 16.1. The van der Waals surface area contributed by atoms with Gasteiger partial charge in [-0.1, -0.05) is 0 Å². The van der Waals surface area contributed by atoms with Gasteiger partial charge in [-0.15, -0.1) is 0 Å². The van der Waals surface area contributed by atoms with Gasteiger partial charge in [-0.2, -0.15) is 5.10 Å². The Morgan fingerprint density at radius 3 is 2.77 bits per heavy atom. The molecule has 0 spiro atoms. The van der Waals surface area contributed by atoms with Crippen molar-refractivity contribution < 1.29 is 14.7 Å². The van der Waals surface area contributed by atoms with Crippen LogP contribution in [0.4, 0.5) is 0 Å². The first kappa shape index (κ1) is 16.5. The average molecular weight is 308 g/mol. The highest BCUT2D eigenvalue weighted by Gasteiger charge is 2.27. The van der Waals surface area contributed by atoms with Crippen molar-refractivity contribution in [1.82, 2.24) is 20.0 Å². The van der Waals surface area contributed by atoms with E-state index in [0.29, 0.717) is 38.9 Å². The predicted octanol–water partition coefficient (Wildman–Crippen LogP) is 0.0696. The number of rotatable bonds is 4. The van der Waals surface area contributed by atoms with Gasteiger partial charge in [0.15, 0.2) is 0 Å². The van der Waals surface area contributed by atoms with E-state index in [0.717, 1.165) is 5.69 Å². The number of nitrogens with one attached hydrogen (secondary N) is 1. The molecular weight excluding hydrogens is 284 g/mol. The number of amides is 2. The molecule has 1 aromatic heterocycles. The fourth-order valence-corrected chi connectivity index (χ4v) is 2.76. The molecule has 1 aliphatic rings. The first-order valence-corrected chi connectivity index (χ1v) is 7.68. The molecule has 2 amide bonds. The zero-order valence-electron chi connectivity index (χ0n) is 13.2. The lowest BCUT2D eigenvalue weighted by atomic mass is 10.1. The number of aryl methyl sites for hydroxylation is 2. The number of aliphatic hydroxyl groups is 1. The van der Waals surface area contributed by atoms with Gasteiger partial charge in [-0.05, 0) is 25.8 Å². The fourth-order valence-electron chi connectivity index (χ4n) is 2.76. The van der Waals surface area contributed by atoms with Crippen molar-refractivity contribution >= 4 is 11.8 Å². The van der Waals surface area contributed by atoms with E-state index >= 15 is 0 Å². The highest BCUT2D eigenvalue weighted by molar-refractivity contribution is 5.76. The van der Waals surface area contributed by atoms with Crippen LogP contribution in [0.1, 0.15) is 31.9 Å². The maximum Gasteiger partial charge on any atom is 0.224 e. The minimum atomic E-state index is -0.602. The Hall–Kier alpha value is -1.89. The van der Waals surface area contributed by atoms with Gasteiger partial charge in [0.1, 0.15) is 0 Å². The topological polar surface area (TPSA) is 87.5 Å². The smallest absolute Gasteiger partial charge is 0.224 e. The van der Waals surface area contributed by atoms with Gasteiger partial charge in [0, 0.05) is 44.9 Å². The molecule has 7 heteroatoms. The van der Waals surface area contributed by atoms with Gasteiger partial charge in [-0.25, -0.2) is 0 Å². The monoisotopic (exact) mass is 308 g/mol. The van der Waals surface area contributed by atoms with Crippen LogP contribution in [0.25, 0.3) is 0 Å². The molecule has 0 unspecified atom stereocenters. The Bertz CT molecular complexity index is 529. The molecule has 1 saturated heterocycles. The third-order valence-corrected chi connectivity index (χ3v) is 4.08. The van der Waals surface area contributed by atoms with E-state index in [4.69, 9.17) is 0 Å². The van der Waals surface area contributed by atoms with Crippen LogP contribution < -0.4 is 5.32 Å². The molecule has 122 valence electrons. The number of carbonyl (C=O) groups is 2. The normalized spacial score (nSPS) is 22.2. The van der Waals surface area contributed by atoms with Crippen LogP contribution in [0, 0.1) is 6.92 Å². The molecule has 22 heavy (non-hydrogen) atoms. The number of hydrogen-bond acceptors (Lipinski definition) is 4. The standard InChI is InChI=1S/C15H24N4O3/c1-11-3-7-16-19(11)10-6-15(22)18-8-4-13(17-12(2)20)14(21)5-9-18/h3,7,13-14,21H,4-6,8-10H2,1-2H3,(H,17,20)/t13-,14-/m0/s1. The number of likely N-dealkylation sites (tertiary alicyclic amines) is 1. The van der Waals surface area contributed by atoms with Crippen molar-refractivity contribution in [2.75, 3.05) is 13.1 Å². The van der Waals surface area contributed by atoms with E-state index < -0.39 is 6.10 Å². The van der Waals surface area contributed by atoms with Crippen LogP contribution in [0.15, 0.2) is 12.3 Å². The second-order valence-electron chi connectivity index (χ2n) is 5.78. The van der Waals surface area contributed by atoms with Gasteiger partial charge in [0.25, 0.3) is 0 Å². The quantitative estimate of drug-likeness (QED) is 0.824. The molecule has 0 aromatic carbocycles. The maximum absolute atomic E-state index is 12.3. The summed E-state index contributed by atoms with van der Waals surface area (Å²) in [6.45, 7) is 5.03. The number of aromatic nitrogens is 2. The Morgan fingerprint density at radius 1 is 1.41 bits per heavy atom. The van der Waals surface area contributed by atoms with Gasteiger partial charge >= 0.3 is 0 Å². The maximum atomic E-state index is 12.3. The lowest BCUT2D eigenvalue weighted by Gasteiger charge is -2.21. The van der Waals surface area contributed by atoms with Gasteiger partial charge in [0.2, 0.25) is 11.8 Å². The summed E-state index contributed by atoms with van der Waals surface area (Å²) in [5.41, 5.74) is 1.03. The number of nitrogens with zero attached hydrogens (tertiary/aromatic N) is 3. The summed E-state index contributed by atoms with van der Waals surface area (Å²) in [5.74, 6) is -0.0939. The van der Waals surface area contributed by atoms with Crippen molar-refractivity contribution in [2.24, 2.45) is 0 Å². The summed E-state index contributed by atoms with van der Waals surface area (Å²) in [6.07, 6.45) is 2.57. The van der Waals surface area contributed by atoms with Crippen molar-refractivity contribution in [1.29, 1.82) is 0 Å². The van der Waals surface area contributed by atoms with E-state index in [1.54, 1.807) is 11.1 Å². The summed E-state index contributed by atoms with van der Waals surface area (Å²) in [4.78, 5) is 25.2. The van der Waals surface area contributed by atoms with Crippen LogP contribution in [-0.4, -0.2) is 56.8 Å². The third kappa shape index (κ3) is 4.30. The van der Waals surface area contributed by atoms with Crippen LogP contribution in [0.2, 0.25) is 0 Å². The largest absolute Gasteiger partial charge is 0.391 e. The Kier molecular flexibility index (Phi) is 5.54. The lowest BCUT2D eigenvalue weighted by molar-refractivity contribution is -0.131. The van der Waals surface area contributed by atoms with E-state index in [1.807, 2.05) is 17.7 Å². The number of hydrogen-bond donors (Lipinski definition) is 2. The van der Waals surface area contributed by atoms with Crippen LogP contribution in [0.5, 0.6) is 0 Å². The number of carbonyl (C=O) groups excluding carboxylic acids is 2. The summed E-state index contributed by atoms with van der Waals surface area (Å²) in [6, 6.07) is 1.63. The third-order valence-electron chi connectivity index (χ3n) is 4.08. The lowest BCUT2D eigenvalue weighted by Crippen LogP contribution is -2.42. The summed E-state index contributed by atoms with van der Waals surface area (Å²) in [5, 5.41) is 17.0. The highest BCUT2D eigenvalue weighted by atomic mass is 16.3. The first-order chi connectivity index (χ1) is 10.5. The summed E-state index contributed by atoms with van der Waals surface area (Å²) in [7, 11) is 0. The predicted molar refractivity (Wildman–Crippen MR) is 81.0 cm³/mol. The molecule has 1 aromatic rings. The molecular formula is C15H24N4O3. The molecule has 0 saturated carbocycles. The first-order valence-electron chi connectivity index (χ1n) is 7.68. The summed E-state index contributed by atoms with van der Waals surface area (Å²) < 4.78 is 1.81. The van der Waals surface area contributed by atoms with Crippen LogP contribution in [0.3, 0.4) is 0 Å². The second-order valence-corrected chi connectivity index (χ2v) is 5.78. The minimum Gasteiger partial charge on any atom is -0.391 e. The molecule has 2 N–H and O–H groups in total. The number of aliphatic hydroxyl groups excluding tert-OH is 1. The molecule has 1 aliphatic heterocycles. The van der Waals surface area contributed by atoms with E-state index in [9.17, 15) is 14.7 Å². The highest BCUT2D eigenvalue weighted by Crippen LogP contribution is 2.13. The van der Waals surface area contributed by atoms with Crippen LogP contribution in [-0.2, 0) is 16.1 Å². The molecule has 7 nitrogen and oxygen atoms in total. The molecule has 2 heterocycles. The van der Waals surface area contributed by atoms with Crippen molar-refractivity contribution in [3.8, 4) is 0 Å². The molecule has 2 rings (SSSR count). The van der Waals surface area contributed by atoms with Crippen LogP contribution >= 0.6 is 0 Å². The average Bonchev–Trinajstić information content (AvgIpc) is 2.79. The summed E-state index contributed by atoms with van der Waals surface area (Å²) >= 11 is 0. The SMILES string of the molecule is CC(=O)N[C@H]1CCN(C(=O)CCn2nccc2C)CC[C@@H]1O. The van der Waals surface area contributed by atoms with Gasteiger partial charge < -0.3 is 15.3 Å². The minimum absolute atomic E-state index is 0.0607. The molecule has 0 aliphatic carbocycles. The van der Waals surface area contributed by atoms with Crippen molar-refractivity contribution in [3.05, 3.63) is 18.0 Å². The van der Waals surface area contributed by atoms with Gasteiger partial charge in [-0.3, -0.25) is 14.3 Å². The Labute approximate surface area is 130 Å². The molecule has 2 atom stereocenters. The Balaban J connectivity index is 1.86. The second kappa shape index (κ2) is 7.40.